The summed E-state index contributed by atoms with van der Waals surface area (Å²) < 4.78 is 39.4. The third-order valence-corrected chi connectivity index (χ3v) is 4.12. The Hall–Kier alpha value is -2.10. The van der Waals surface area contributed by atoms with E-state index in [1.807, 2.05) is 6.07 Å². The van der Waals surface area contributed by atoms with Gasteiger partial charge in [0.2, 0.25) is 0 Å². The van der Waals surface area contributed by atoms with Crippen LogP contribution in [0.5, 0.6) is 0 Å². The van der Waals surface area contributed by atoms with E-state index in [2.05, 4.69) is 4.72 Å². The third-order valence-electron chi connectivity index (χ3n) is 2.45. The van der Waals surface area contributed by atoms with E-state index in [1.165, 1.54) is 30.3 Å². The molecule has 0 aliphatic rings. The smallest absolute Gasteiger partial charge is 0.262 e. The highest BCUT2D eigenvalue weighted by Gasteiger charge is 2.16. The Labute approximate surface area is 120 Å². The summed E-state index contributed by atoms with van der Waals surface area (Å²) in [6.45, 7) is 0. The molecule has 0 unspecified atom stereocenters. The number of hydrogen-bond donors (Lipinski definition) is 1. The maximum atomic E-state index is 13.1. The van der Waals surface area contributed by atoms with Crippen LogP contribution in [-0.2, 0) is 10.0 Å². The standard InChI is InChI=1S/C13H8ClFN2O2S/c14-12-6-9(8-16)4-5-13(12)17-20(18,19)11-3-1-2-10(15)7-11/h1-7,17H. The predicted molar refractivity (Wildman–Crippen MR) is 73.4 cm³/mol. The summed E-state index contributed by atoms with van der Waals surface area (Å²) in [7, 11) is -3.94. The van der Waals surface area contributed by atoms with Crippen molar-refractivity contribution in [3.63, 3.8) is 0 Å². The lowest BCUT2D eigenvalue weighted by atomic mass is 10.2. The van der Waals surface area contributed by atoms with Crippen LogP contribution in [0.1, 0.15) is 5.56 Å². The van der Waals surface area contributed by atoms with Gasteiger partial charge >= 0.3 is 0 Å². The van der Waals surface area contributed by atoms with Gasteiger partial charge in [0.05, 0.1) is 27.2 Å². The van der Waals surface area contributed by atoms with E-state index in [0.29, 0.717) is 5.56 Å². The normalized spacial score (nSPS) is 10.8. The first-order chi connectivity index (χ1) is 9.42. The SMILES string of the molecule is N#Cc1ccc(NS(=O)(=O)c2cccc(F)c2)c(Cl)c1. The van der Waals surface area contributed by atoms with E-state index in [-0.39, 0.29) is 15.6 Å². The molecule has 0 bridgehead atoms. The summed E-state index contributed by atoms with van der Waals surface area (Å²) in [6, 6.07) is 10.6. The highest BCUT2D eigenvalue weighted by molar-refractivity contribution is 7.92. The molecule has 2 aromatic rings. The summed E-state index contributed by atoms with van der Waals surface area (Å²) in [6.07, 6.45) is 0. The zero-order valence-electron chi connectivity index (χ0n) is 9.97. The Bertz CT molecular complexity index is 800. The Morgan fingerprint density at radius 3 is 2.55 bits per heavy atom. The van der Waals surface area contributed by atoms with Crippen molar-refractivity contribution in [3.05, 3.63) is 58.9 Å². The lowest BCUT2D eigenvalue weighted by Crippen LogP contribution is -2.13. The van der Waals surface area contributed by atoms with Crippen molar-refractivity contribution < 1.29 is 12.8 Å². The first-order valence-corrected chi connectivity index (χ1v) is 7.26. The fourth-order valence-corrected chi connectivity index (χ4v) is 2.90. The van der Waals surface area contributed by atoms with Crippen molar-refractivity contribution in [3.8, 4) is 6.07 Å². The number of nitrogens with one attached hydrogen (secondary N) is 1. The van der Waals surface area contributed by atoms with E-state index in [0.717, 1.165) is 12.1 Å². The van der Waals surface area contributed by atoms with Gasteiger partial charge in [-0.25, -0.2) is 12.8 Å². The molecule has 0 heterocycles. The lowest BCUT2D eigenvalue weighted by Gasteiger charge is -2.09. The second-order valence-corrected chi connectivity index (χ2v) is 5.96. The minimum Gasteiger partial charge on any atom is -0.278 e. The number of anilines is 1. The zero-order valence-corrected chi connectivity index (χ0v) is 11.5. The van der Waals surface area contributed by atoms with Gasteiger partial charge in [-0.1, -0.05) is 17.7 Å². The van der Waals surface area contributed by atoms with E-state index >= 15 is 0 Å². The third kappa shape index (κ3) is 3.07. The van der Waals surface area contributed by atoms with E-state index in [9.17, 15) is 12.8 Å². The van der Waals surface area contributed by atoms with E-state index in [4.69, 9.17) is 16.9 Å². The molecule has 0 atom stereocenters. The molecule has 4 nitrogen and oxygen atoms in total. The van der Waals surface area contributed by atoms with Crippen LogP contribution in [0.4, 0.5) is 10.1 Å². The number of rotatable bonds is 3. The summed E-state index contributed by atoms with van der Waals surface area (Å²) in [4.78, 5) is -0.210. The quantitative estimate of drug-likeness (QED) is 0.946. The molecule has 0 aromatic heterocycles. The summed E-state index contributed by atoms with van der Waals surface area (Å²) in [5.41, 5.74) is 0.429. The molecular weight excluding hydrogens is 303 g/mol. The van der Waals surface area contributed by atoms with Crippen LogP contribution in [-0.4, -0.2) is 8.42 Å². The molecule has 2 rings (SSSR count). The van der Waals surface area contributed by atoms with Gasteiger partial charge in [-0.15, -0.1) is 0 Å². The van der Waals surface area contributed by atoms with E-state index in [1.54, 1.807) is 0 Å². The van der Waals surface area contributed by atoms with Crippen molar-refractivity contribution in [2.24, 2.45) is 0 Å². The number of halogens is 2. The first-order valence-electron chi connectivity index (χ1n) is 5.40. The van der Waals surface area contributed by atoms with Crippen molar-refractivity contribution in [1.29, 1.82) is 5.26 Å². The molecule has 0 fully saturated rings. The van der Waals surface area contributed by atoms with Crippen molar-refractivity contribution in [2.75, 3.05) is 4.72 Å². The second kappa shape index (κ2) is 5.49. The van der Waals surface area contributed by atoms with Gasteiger partial charge in [0, 0.05) is 0 Å². The minimum atomic E-state index is -3.94. The molecule has 0 aliphatic heterocycles. The Morgan fingerprint density at radius 2 is 1.95 bits per heavy atom. The molecule has 0 spiro atoms. The lowest BCUT2D eigenvalue weighted by molar-refractivity contribution is 0.595. The number of nitriles is 1. The summed E-state index contributed by atoms with van der Waals surface area (Å²) >= 11 is 5.88. The molecule has 0 saturated heterocycles. The predicted octanol–water partition coefficient (Wildman–Crippen LogP) is 3.15. The van der Waals surface area contributed by atoms with Crippen molar-refractivity contribution in [1.82, 2.24) is 0 Å². The molecule has 0 radical (unpaired) electrons. The van der Waals surface area contributed by atoms with Crippen molar-refractivity contribution in [2.45, 2.75) is 4.90 Å². The molecule has 20 heavy (non-hydrogen) atoms. The van der Waals surface area contributed by atoms with Gasteiger partial charge < -0.3 is 0 Å². The van der Waals surface area contributed by atoms with Crippen LogP contribution in [0, 0.1) is 17.1 Å². The first kappa shape index (κ1) is 14.3. The number of benzene rings is 2. The average molecular weight is 311 g/mol. The fraction of sp³-hybridized carbons (Fsp3) is 0. The molecule has 0 saturated carbocycles. The highest BCUT2D eigenvalue weighted by atomic mass is 35.5. The van der Waals surface area contributed by atoms with Crippen molar-refractivity contribution >= 4 is 27.3 Å². The molecular formula is C13H8ClFN2O2S. The van der Waals surface area contributed by atoms with Gasteiger partial charge in [0.1, 0.15) is 5.82 Å². The van der Waals surface area contributed by atoms with Gasteiger partial charge in [-0.3, -0.25) is 4.72 Å². The maximum Gasteiger partial charge on any atom is 0.262 e. The second-order valence-electron chi connectivity index (χ2n) is 3.87. The number of sulfonamides is 1. The molecule has 0 aliphatic carbocycles. The Morgan fingerprint density at radius 1 is 1.20 bits per heavy atom. The fourth-order valence-electron chi connectivity index (χ4n) is 1.51. The average Bonchev–Trinajstić information content (AvgIpc) is 2.41. The Balaban J connectivity index is 2.36. The number of nitrogens with zero attached hydrogens (tertiary/aromatic N) is 1. The monoisotopic (exact) mass is 310 g/mol. The molecule has 2 aromatic carbocycles. The highest BCUT2D eigenvalue weighted by Crippen LogP contribution is 2.25. The van der Waals surface area contributed by atoms with Gasteiger partial charge in [-0.05, 0) is 36.4 Å². The van der Waals surface area contributed by atoms with Gasteiger partial charge in [0.25, 0.3) is 10.0 Å². The van der Waals surface area contributed by atoms with Crippen LogP contribution in [0.2, 0.25) is 5.02 Å². The van der Waals surface area contributed by atoms with Crippen LogP contribution >= 0.6 is 11.6 Å². The van der Waals surface area contributed by atoms with Crippen LogP contribution in [0.15, 0.2) is 47.4 Å². The molecule has 0 amide bonds. The van der Waals surface area contributed by atoms with Crippen LogP contribution < -0.4 is 4.72 Å². The summed E-state index contributed by atoms with van der Waals surface area (Å²) in [5.74, 6) is -0.654. The van der Waals surface area contributed by atoms with Gasteiger partial charge in [0.15, 0.2) is 0 Å². The maximum absolute atomic E-state index is 13.1. The van der Waals surface area contributed by atoms with E-state index < -0.39 is 15.8 Å². The van der Waals surface area contributed by atoms with Crippen LogP contribution in [0.3, 0.4) is 0 Å². The molecule has 1 N–H and O–H groups in total. The topological polar surface area (TPSA) is 70.0 Å². The Kier molecular flexibility index (Phi) is 3.93. The number of hydrogen-bond acceptors (Lipinski definition) is 3. The molecule has 102 valence electrons. The zero-order chi connectivity index (χ0) is 14.8. The molecule has 7 heteroatoms. The van der Waals surface area contributed by atoms with Crippen LogP contribution in [0.25, 0.3) is 0 Å². The largest absolute Gasteiger partial charge is 0.278 e. The van der Waals surface area contributed by atoms with Gasteiger partial charge in [-0.2, -0.15) is 5.26 Å². The summed E-state index contributed by atoms with van der Waals surface area (Å²) in [5, 5.41) is 8.79. The minimum absolute atomic E-state index is 0.0871.